The van der Waals surface area contributed by atoms with Gasteiger partial charge in [0.15, 0.2) is 0 Å². The number of benzene rings is 2. The predicted octanol–water partition coefficient (Wildman–Crippen LogP) is 3.09. The van der Waals surface area contributed by atoms with Gasteiger partial charge in [0.05, 0.1) is 10.5 Å². The molecular formula is C26H34N4O4S. The molecule has 2 fully saturated rings. The van der Waals surface area contributed by atoms with Crippen molar-refractivity contribution < 1.29 is 18.0 Å². The number of carbonyl (C=O) groups excluding carboxylic acids is 2. The monoisotopic (exact) mass is 498 g/mol. The van der Waals surface area contributed by atoms with E-state index in [2.05, 4.69) is 10.2 Å². The third kappa shape index (κ3) is 5.85. The van der Waals surface area contributed by atoms with E-state index < -0.39 is 10.0 Å². The number of hydrogen-bond acceptors (Lipinski definition) is 5. The van der Waals surface area contributed by atoms with Crippen LogP contribution < -0.4 is 10.2 Å². The summed E-state index contributed by atoms with van der Waals surface area (Å²) < 4.78 is 26.7. The molecule has 0 spiro atoms. The maximum Gasteiger partial charge on any atom is 0.256 e. The van der Waals surface area contributed by atoms with Crippen LogP contribution in [0.1, 0.15) is 58.4 Å². The zero-order valence-corrected chi connectivity index (χ0v) is 21.5. The zero-order valence-electron chi connectivity index (χ0n) is 20.7. The van der Waals surface area contributed by atoms with Crippen molar-refractivity contribution in [1.82, 2.24) is 14.5 Å². The van der Waals surface area contributed by atoms with E-state index in [1.165, 1.54) is 20.2 Å². The lowest BCUT2D eigenvalue weighted by Crippen LogP contribution is -2.34. The van der Waals surface area contributed by atoms with Crippen LogP contribution in [0.15, 0.2) is 47.4 Å². The fourth-order valence-corrected chi connectivity index (χ4v) is 5.21. The highest BCUT2D eigenvalue weighted by Crippen LogP contribution is 2.29. The van der Waals surface area contributed by atoms with Crippen LogP contribution in [0.3, 0.4) is 0 Å². The first-order valence-corrected chi connectivity index (χ1v) is 13.6. The Balaban J connectivity index is 1.56. The Bertz CT molecular complexity index is 1180. The standard InChI is InChI=1S/C26H34N4O4S/c1-28(2)35(33,34)22-13-14-24(30-15-5-4-6-16-30)23(17-22)26(32)29(3)18-19-7-9-20(10-8-19)25(31)27-21-11-12-21/h7-10,13-14,17,21H,4-6,11-12,15-16,18H2,1-3H3,(H,27,31). The Morgan fingerprint density at radius 3 is 2.23 bits per heavy atom. The summed E-state index contributed by atoms with van der Waals surface area (Å²) in [6.07, 6.45) is 5.31. The molecule has 2 aromatic carbocycles. The summed E-state index contributed by atoms with van der Waals surface area (Å²) in [6, 6.07) is 12.4. The Hall–Kier alpha value is -2.91. The highest BCUT2D eigenvalue weighted by molar-refractivity contribution is 7.89. The molecule has 1 saturated heterocycles. The first-order chi connectivity index (χ1) is 16.7. The lowest BCUT2D eigenvalue weighted by molar-refractivity contribution is 0.0784. The van der Waals surface area contributed by atoms with Gasteiger partial charge in [-0.3, -0.25) is 9.59 Å². The molecule has 8 nitrogen and oxygen atoms in total. The molecule has 1 saturated carbocycles. The molecular weight excluding hydrogens is 464 g/mol. The van der Waals surface area contributed by atoms with E-state index in [0.29, 0.717) is 23.7 Å². The molecule has 2 amide bonds. The van der Waals surface area contributed by atoms with Gasteiger partial charge in [0.2, 0.25) is 10.0 Å². The minimum atomic E-state index is -3.68. The SMILES string of the molecule is CN(Cc1ccc(C(=O)NC2CC2)cc1)C(=O)c1cc(S(=O)(=O)N(C)C)ccc1N1CCCCC1. The first kappa shape index (κ1) is 25.2. The van der Waals surface area contributed by atoms with Gasteiger partial charge in [0.1, 0.15) is 0 Å². The van der Waals surface area contributed by atoms with Crippen molar-refractivity contribution in [2.75, 3.05) is 39.1 Å². The highest BCUT2D eigenvalue weighted by atomic mass is 32.2. The fraction of sp³-hybridized carbons (Fsp3) is 0.462. The van der Waals surface area contributed by atoms with Crippen molar-refractivity contribution in [2.24, 2.45) is 0 Å². The van der Waals surface area contributed by atoms with E-state index >= 15 is 0 Å². The van der Waals surface area contributed by atoms with Crippen molar-refractivity contribution in [3.05, 3.63) is 59.2 Å². The van der Waals surface area contributed by atoms with Gasteiger partial charge in [-0.05, 0) is 68.0 Å². The second-order valence-corrected chi connectivity index (χ2v) is 11.8. The molecule has 188 valence electrons. The summed E-state index contributed by atoms with van der Waals surface area (Å²) in [7, 11) is 1.000. The number of nitrogens with zero attached hydrogens (tertiary/aromatic N) is 3. The molecule has 0 radical (unpaired) electrons. The van der Waals surface area contributed by atoms with E-state index in [0.717, 1.165) is 60.7 Å². The molecule has 0 unspecified atom stereocenters. The Kier molecular flexibility index (Phi) is 7.47. The van der Waals surface area contributed by atoms with E-state index in [1.54, 1.807) is 36.2 Å². The molecule has 9 heteroatoms. The quantitative estimate of drug-likeness (QED) is 0.604. The average Bonchev–Trinajstić information content (AvgIpc) is 3.68. The minimum absolute atomic E-state index is 0.0754. The maximum absolute atomic E-state index is 13.6. The van der Waals surface area contributed by atoms with Gasteiger partial charge in [-0.2, -0.15) is 0 Å². The summed E-state index contributed by atoms with van der Waals surface area (Å²) in [4.78, 5) is 29.7. The summed E-state index contributed by atoms with van der Waals surface area (Å²) in [5.74, 6) is -0.314. The molecule has 0 bridgehead atoms. The lowest BCUT2D eigenvalue weighted by atomic mass is 10.1. The van der Waals surface area contributed by atoms with Crippen LogP contribution in [0.25, 0.3) is 0 Å². The van der Waals surface area contributed by atoms with Gasteiger partial charge in [0, 0.05) is 58.1 Å². The Morgan fingerprint density at radius 2 is 1.63 bits per heavy atom. The summed E-state index contributed by atoms with van der Waals surface area (Å²) in [6.45, 7) is 2.02. The third-order valence-corrected chi connectivity index (χ3v) is 8.38. The molecule has 0 atom stereocenters. The molecule has 4 rings (SSSR count). The van der Waals surface area contributed by atoms with E-state index in [9.17, 15) is 18.0 Å². The molecule has 1 aliphatic carbocycles. The molecule has 1 N–H and O–H groups in total. The van der Waals surface area contributed by atoms with Gasteiger partial charge in [-0.1, -0.05) is 12.1 Å². The highest BCUT2D eigenvalue weighted by Gasteiger charge is 2.26. The van der Waals surface area contributed by atoms with Gasteiger partial charge in [-0.25, -0.2) is 12.7 Å². The minimum Gasteiger partial charge on any atom is -0.371 e. The normalized spacial score (nSPS) is 16.3. The van der Waals surface area contributed by atoms with Crippen molar-refractivity contribution in [1.29, 1.82) is 0 Å². The number of hydrogen-bond donors (Lipinski definition) is 1. The molecule has 2 aromatic rings. The predicted molar refractivity (Wildman–Crippen MR) is 136 cm³/mol. The van der Waals surface area contributed by atoms with E-state index in [1.807, 2.05) is 12.1 Å². The fourth-order valence-electron chi connectivity index (χ4n) is 4.28. The number of rotatable bonds is 8. The van der Waals surface area contributed by atoms with Crippen molar-refractivity contribution in [2.45, 2.75) is 49.6 Å². The van der Waals surface area contributed by atoms with Crippen molar-refractivity contribution >= 4 is 27.5 Å². The Labute approximate surface area is 207 Å². The lowest BCUT2D eigenvalue weighted by Gasteiger charge is -2.31. The first-order valence-electron chi connectivity index (χ1n) is 12.1. The second-order valence-electron chi connectivity index (χ2n) is 9.62. The number of anilines is 1. The van der Waals surface area contributed by atoms with Gasteiger partial charge < -0.3 is 15.1 Å². The van der Waals surface area contributed by atoms with Crippen molar-refractivity contribution in [3.63, 3.8) is 0 Å². The zero-order chi connectivity index (χ0) is 25.2. The topological polar surface area (TPSA) is 90.0 Å². The summed E-state index contributed by atoms with van der Waals surface area (Å²) in [5, 5.41) is 2.97. The largest absolute Gasteiger partial charge is 0.371 e. The van der Waals surface area contributed by atoms with Crippen LogP contribution in [0.5, 0.6) is 0 Å². The van der Waals surface area contributed by atoms with Crippen molar-refractivity contribution in [3.8, 4) is 0 Å². The number of carbonyl (C=O) groups is 2. The molecule has 1 aliphatic heterocycles. The summed E-state index contributed by atoms with van der Waals surface area (Å²) in [5.41, 5.74) is 2.65. The molecule has 0 aromatic heterocycles. The second kappa shape index (κ2) is 10.4. The van der Waals surface area contributed by atoms with Gasteiger partial charge in [-0.15, -0.1) is 0 Å². The maximum atomic E-state index is 13.6. The Morgan fingerprint density at radius 1 is 0.971 bits per heavy atom. The summed E-state index contributed by atoms with van der Waals surface area (Å²) >= 11 is 0. The van der Waals surface area contributed by atoms with Crippen LogP contribution in [-0.2, 0) is 16.6 Å². The van der Waals surface area contributed by atoms with E-state index in [4.69, 9.17) is 0 Å². The number of nitrogens with one attached hydrogen (secondary N) is 1. The average molecular weight is 499 g/mol. The van der Waals surface area contributed by atoms with Crippen LogP contribution in [-0.4, -0.2) is 69.7 Å². The smallest absolute Gasteiger partial charge is 0.256 e. The van der Waals surface area contributed by atoms with E-state index in [-0.39, 0.29) is 16.7 Å². The van der Waals surface area contributed by atoms with Gasteiger partial charge >= 0.3 is 0 Å². The number of amides is 2. The number of piperidine rings is 1. The van der Waals surface area contributed by atoms with Crippen LogP contribution >= 0.6 is 0 Å². The van der Waals surface area contributed by atoms with Gasteiger partial charge in [0.25, 0.3) is 11.8 Å². The van der Waals surface area contributed by atoms with Crippen LogP contribution in [0.4, 0.5) is 5.69 Å². The number of sulfonamides is 1. The third-order valence-electron chi connectivity index (χ3n) is 6.57. The van der Waals surface area contributed by atoms with Crippen LogP contribution in [0.2, 0.25) is 0 Å². The van der Waals surface area contributed by atoms with Crippen LogP contribution in [0, 0.1) is 0 Å². The molecule has 35 heavy (non-hydrogen) atoms. The molecule has 1 heterocycles. The molecule has 2 aliphatic rings.